The first-order valence-electron chi connectivity index (χ1n) is 13.3. The monoisotopic (exact) mass is 488 g/mol. The number of ether oxygens (including phenoxy) is 3. The summed E-state index contributed by atoms with van der Waals surface area (Å²) in [5, 5.41) is 0. The van der Waals surface area contributed by atoms with Crippen LogP contribution in [0.15, 0.2) is 59.9 Å². The standard InChI is InChI=1S/C30H32O6/c1-13-5-7-17-15(3)28(32)34-26(17)24-19-9-10-30(36-22(19)11-20(13)24)23(31)12-21-14(2)6-8-18-16(4)29(33)35-27(18)25(21)30/h17-18,20-21,24-27H,1-12H2/t17-,18-,20-,21?,24-,25?,26-,27-,30+/m0/s1. The largest absolute Gasteiger partial charge is 0.483 e. The van der Waals surface area contributed by atoms with Crippen LogP contribution in [0.25, 0.3) is 0 Å². The summed E-state index contributed by atoms with van der Waals surface area (Å²) in [4.78, 5) is 38.7. The van der Waals surface area contributed by atoms with Crippen LogP contribution in [0.5, 0.6) is 0 Å². The average molecular weight is 489 g/mol. The van der Waals surface area contributed by atoms with Crippen LogP contribution in [0.2, 0.25) is 0 Å². The Morgan fingerprint density at radius 1 is 0.722 bits per heavy atom. The smallest absolute Gasteiger partial charge is 0.334 e. The lowest BCUT2D eigenvalue weighted by atomic mass is 9.72. The highest BCUT2D eigenvalue weighted by atomic mass is 16.6. The van der Waals surface area contributed by atoms with Gasteiger partial charge < -0.3 is 14.2 Å². The first-order valence-corrected chi connectivity index (χ1v) is 13.3. The predicted octanol–water partition coefficient (Wildman–Crippen LogP) is 4.53. The normalized spacial score (nSPS) is 45.4. The van der Waals surface area contributed by atoms with Crippen molar-refractivity contribution in [3.8, 4) is 0 Å². The molecule has 0 aromatic heterocycles. The van der Waals surface area contributed by atoms with Gasteiger partial charge in [-0.2, -0.15) is 0 Å². The molecule has 6 nitrogen and oxygen atoms in total. The van der Waals surface area contributed by atoms with Gasteiger partial charge in [0.2, 0.25) is 0 Å². The maximum Gasteiger partial charge on any atom is 0.334 e. The summed E-state index contributed by atoms with van der Waals surface area (Å²) in [6.07, 6.45) is 4.81. The Morgan fingerprint density at radius 2 is 1.33 bits per heavy atom. The fourth-order valence-electron chi connectivity index (χ4n) is 8.69. The minimum absolute atomic E-state index is 0.000618. The molecule has 6 heteroatoms. The number of ketones is 1. The molecule has 2 saturated heterocycles. The number of rotatable bonds is 0. The van der Waals surface area contributed by atoms with E-state index in [-0.39, 0.29) is 59.3 Å². The predicted molar refractivity (Wildman–Crippen MR) is 130 cm³/mol. The van der Waals surface area contributed by atoms with Crippen LogP contribution in [-0.2, 0) is 28.6 Å². The van der Waals surface area contributed by atoms with E-state index in [0.29, 0.717) is 36.8 Å². The minimum atomic E-state index is -1.02. The van der Waals surface area contributed by atoms with Crippen molar-refractivity contribution < 1.29 is 28.6 Å². The molecule has 7 aliphatic rings. The third-order valence-electron chi connectivity index (χ3n) is 10.5. The van der Waals surface area contributed by atoms with Crippen LogP contribution in [0.3, 0.4) is 0 Å². The quantitative estimate of drug-likeness (QED) is 0.283. The Balaban J connectivity index is 1.28. The number of esters is 2. The molecular weight excluding hydrogens is 456 g/mol. The zero-order valence-electron chi connectivity index (χ0n) is 20.6. The van der Waals surface area contributed by atoms with Gasteiger partial charge in [0.05, 0.1) is 11.7 Å². The zero-order valence-corrected chi connectivity index (χ0v) is 20.6. The molecule has 9 atom stereocenters. The van der Waals surface area contributed by atoms with Crippen LogP contribution < -0.4 is 0 Å². The molecule has 2 unspecified atom stereocenters. The van der Waals surface area contributed by atoms with Gasteiger partial charge >= 0.3 is 11.9 Å². The van der Waals surface area contributed by atoms with Gasteiger partial charge in [-0.05, 0) is 55.9 Å². The topological polar surface area (TPSA) is 78.9 Å². The first-order chi connectivity index (χ1) is 17.2. The molecule has 0 aromatic rings. The Kier molecular flexibility index (Phi) is 4.54. The lowest BCUT2D eigenvalue weighted by Crippen LogP contribution is -2.51. The van der Waals surface area contributed by atoms with E-state index >= 15 is 0 Å². The number of hydrogen-bond donors (Lipinski definition) is 0. The van der Waals surface area contributed by atoms with Crippen molar-refractivity contribution in [2.24, 2.45) is 35.5 Å². The Labute approximate surface area is 211 Å². The first kappa shape index (κ1) is 22.3. The molecule has 0 bridgehead atoms. The van der Waals surface area contributed by atoms with E-state index in [2.05, 4.69) is 26.3 Å². The third kappa shape index (κ3) is 2.71. The number of carbonyl (C=O) groups is 3. The molecule has 188 valence electrons. The van der Waals surface area contributed by atoms with E-state index in [4.69, 9.17) is 14.2 Å². The molecule has 3 heterocycles. The molecule has 0 N–H and O–H groups in total. The van der Waals surface area contributed by atoms with Crippen LogP contribution in [-0.4, -0.2) is 35.5 Å². The van der Waals surface area contributed by atoms with E-state index in [1.807, 2.05) is 0 Å². The number of Topliss-reactive ketones (excluding diaryl/α,β-unsaturated/α-hetero) is 1. The summed E-state index contributed by atoms with van der Waals surface area (Å²) in [6, 6.07) is 0. The van der Waals surface area contributed by atoms with Gasteiger partial charge in [-0.1, -0.05) is 37.5 Å². The maximum absolute atomic E-state index is 13.8. The third-order valence-corrected chi connectivity index (χ3v) is 10.5. The number of allylic oxidation sites excluding steroid dienone is 3. The van der Waals surface area contributed by atoms with E-state index in [1.165, 1.54) is 5.57 Å². The zero-order chi connectivity index (χ0) is 25.1. The van der Waals surface area contributed by atoms with Gasteiger partial charge in [-0.25, -0.2) is 9.59 Å². The van der Waals surface area contributed by atoms with E-state index in [1.54, 1.807) is 0 Å². The number of fused-ring (bicyclic) bond motifs is 8. The average Bonchev–Trinajstić information content (AvgIpc) is 3.47. The van der Waals surface area contributed by atoms with Gasteiger partial charge in [0, 0.05) is 41.7 Å². The van der Waals surface area contributed by atoms with Crippen molar-refractivity contribution in [3.05, 3.63) is 59.9 Å². The fraction of sp³-hybridized carbons (Fsp3) is 0.567. The maximum atomic E-state index is 13.8. The highest BCUT2D eigenvalue weighted by Crippen LogP contribution is 2.61. The summed E-state index contributed by atoms with van der Waals surface area (Å²) in [7, 11) is 0. The lowest BCUT2D eigenvalue weighted by Gasteiger charge is -2.43. The summed E-state index contributed by atoms with van der Waals surface area (Å²) in [6.45, 7) is 16.8. The summed E-state index contributed by atoms with van der Waals surface area (Å²) in [5.74, 6) is 0.0320. The summed E-state index contributed by atoms with van der Waals surface area (Å²) in [5.41, 5.74) is 3.42. The summed E-state index contributed by atoms with van der Waals surface area (Å²) < 4.78 is 18.7. The van der Waals surface area contributed by atoms with Crippen molar-refractivity contribution in [3.63, 3.8) is 0 Å². The highest BCUT2D eigenvalue weighted by Gasteiger charge is 2.66. The van der Waals surface area contributed by atoms with Gasteiger partial charge in [0.25, 0.3) is 0 Å². The molecule has 36 heavy (non-hydrogen) atoms. The SMILES string of the molecule is C=C1CC[C@H]2C(=C)C(=O)O[C@@H]2C2C1CC(=O)[C@]21CCC2=C(C[C@H]3C(=C)CC[C@H]4C(=C)C(=O)O[C@@H]4[C@@H]23)O1. The minimum Gasteiger partial charge on any atom is -0.483 e. The highest BCUT2D eigenvalue weighted by molar-refractivity contribution is 5.94. The van der Waals surface area contributed by atoms with E-state index < -0.39 is 11.7 Å². The Bertz CT molecular complexity index is 1220. The second kappa shape index (κ2) is 7.33. The van der Waals surface area contributed by atoms with Crippen LogP contribution in [0.1, 0.15) is 51.4 Å². The number of carbonyl (C=O) groups excluding carboxylic acids is 3. The van der Waals surface area contributed by atoms with Crippen molar-refractivity contribution in [1.29, 1.82) is 0 Å². The van der Waals surface area contributed by atoms with Crippen molar-refractivity contribution >= 4 is 17.7 Å². The second-order valence-corrected chi connectivity index (χ2v) is 11.9. The fourth-order valence-corrected chi connectivity index (χ4v) is 8.69. The molecule has 3 aliphatic heterocycles. The molecule has 0 amide bonds. The molecule has 1 spiro atoms. The molecule has 3 saturated carbocycles. The molecule has 5 fully saturated rings. The van der Waals surface area contributed by atoms with Crippen LogP contribution >= 0.6 is 0 Å². The molecular formula is C30H32O6. The van der Waals surface area contributed by atoms with Gasteiger partial charge in [-0.3, -0.25) is 4.79 Å². The van der Waals surface area contributed by atoms with Gasteiger partial charge in [0.1, 0.15) is 12.2 Å². The number of hydrogen-bond acceptors (Lipinski definition) is 6. The van der Waals surface area contributed by atoms with Crippen LogP contribution in [0.4, 0.5) is 0 Å². The molecule has 7 rings (SSSR count). The molecule has 0 radical (unpaired) electrons. The van der Waals surface area contributed by atoms with E-state index in [9.17, 15) is 14.4 Å². The molecule has 4 aliphatic carbocycles. The van der Waals surface area contributed by atoms with Crippen molar-refractivity contribution in [2.45, 2.75) is 69.2 Å². The van der Waals surface area contributed by atoms with E-state index in [0.717, 1.165) is 42.6 Å². The molecule has 0 aromatic carbocycles. The summed E-state index contributed by atoms with van der Waals surface area (Å²) >= 11 is 0. The Morgan fingerprint density at radius 3 is 2.03 bits per heavy atom. The van der Waals surface area contributed by atoms with Gasteiger partial charge in [-0.15, -0.1) is 0 Å². The van der Waals surface area contributed by atoms with Crippen molar-refractivity contribution in [2.75, 3.05) is 0 Å². The lowest BCUT2D eigenvalue weighted by molar-refractivity contribution is -0.159. The second-order valence-electron chi connectivity index (χ2n) is 11.9. The van der Waals surface area contributed by atoms with Gasteiger partial charge in [0.15, 0.2) is 11.4 Å². The van der Waals surface area contributed by atoms with Crippen LogP contribution in [0, 0.1) is 35.5 Å². The Hall–Kier alpha value is -2.89. The van der Waals surface area contributed by atoms with Crippen molar-refractivity contribution in [1.82, 2.24) is 0 Å².